The lowest BCUT2D eigenvalue weighted by Gasteiger charge is -2.34. The molecule has 2 aromatic carbocycles. The van der Waals surface area contributed by atoms with Crippen molar-refractivity contribution < 1.29 is 22.4 Å². The molecule has 0 radical (unpaired) electrons. The summed E-state index contributed by atoms with van der Waals surface area (Å²) in [5.74, 6) is -1.93. The summed E-state index contributed by atoms with van der Waals surface area (Å²) >= 11 is 6.30. The van der Waals surface area contributed by atoms with Gasteiger partial charge in [0.15, 0.2) is 0 Å². The normalized spacial score (nSPS) is 12.8. The zero-order valence-electron chi connectivity index (χ0n) is 20.7. The molecule has 1 atom stereocenters. The van der Waals surface area contributed by atoms with E-state index < -0.39 is 46.0 Å². The molecule has 11 heteroatoms. The van der Waals surface area contributed by atoms with Gasteiger partial charge in [-0.2, -0.15) is 12.7 Å². The standard InChI is InChI=1S/C24H32ClFN4O4S/c1-17(23(32)27-24(2,3)4)29(15-18-11-7-8-12-19(18)25)22(31)16-30(35(33,34)28(5)6)21-14-10-9-13-20(21)26/h7-14,17H,15-16H2,1-6H3,(H,27,32)/t17-/m1/s1. The van der Waals surface area contributed by atoms with Crippen molar-refractivity contribution in [3.8, 4) is 0 Å². The molecule has 192 valence electrons. The molecule has 0 unspecified atom stereocenters. The van der Waals surface area contributed by atoms with Crippen molar-refractivity contribution in [2.45, 2.75) is 45.8 Å². The van der Waals surface area contributed by atoms with E-state index in [1.807, 2.05) is 0 Å². The highest BCUT2D eigenvalue weighted by Crippen LogP contribution is 2.24. The van der Waals surface area contributed by atoms with Crippen LogP contribution in [0.5, 0.6) is 0 Å². The van der Waals surface area contributed by atoms with Crippen molar-refractivity contribution in [1.82, 2.24) is 14.5 Å². The molecule has 0 aromatic heterocycles. The zero-order chi connectivity index (χ0) is 26.6. The van der Waals surface area contributed by atoms with E-state index in [1.54, 1.807) is 52.0 Å². The van der Waals surface area contributed by atoms with Crippen LogP contribution in [0.4, 0.5) is 10.1 Å². The number of hydrogen-bond acceptors (Lipinski definition) is 4. The average molecular weight is 527 g/mol. The topological polar surface area (TPSA) is 90.0 Å². The van der Waals surface area contributed by atoms with Gasteiger partial charge in [-0.3, -0.25) is 9.59 Å². The van der Waals surface area contributed by atoms with Crippen LogP contribution in [0, 0.1) is 5.82 Å². The van der Waals surface area contributed by atoms with Gasteiger partial charge in [-0.15, -0.1) is 0 Å². The van der Waals surface area contributed by atoms with Gasteiger partial charge in [-0.1, -0.05) is 41.9 Å². The van der Waals surface area contributed by atoms with Gasteiger partial charge in [-0.25, -0.2) is 8.70 Å². The fourth-order valence-electron chi connectivity index (χ4n) is 3.22. The van der Waals surface area contributed by atoms with E-state index in [-0.39, 0.29) is 12.2 Å². The maximum Gasteiger partial charge on any atom is 0.304 e. The molecule has 0 aliphatic heterocycles. The van der Waals surface area contributed by atoms with Crippen LogP contribution in [0.25, 0.3) is 0 Å². The van der Waals surface area contributed by atoms with Crippen molar-refractivity contribution >= 4 is 39.3 Å². The number of benzene rings is 2. The van der Waals surface area contributed by atoms with Crippen LogP contribution in [0.1, 0.15) is 33.3 Å². The highest BCUT2D eigenvalue weighted by Gasteiger charge is 2.34. The maximum atomic E-state index is 14.6. The van der Waals surface area contributed by atoms with Crippen LogP contribution in [0.3, 0.4) is 0 Å². The van der Waals surface area contributed by atoms with Crippen molar-refractivity contribution in [3.05, 3.63) is 64.9 Å². The maximum absolute atomic E-state index is 14.6. The van der Waals surface area contributed by atoms with Crippen molar-refractivity contribution in [2.75, 3.05) is 24.9 Å². The molecule has 1 N–H and O–H groups in total. The summed E-state index contributed by atoms with van der Waals surface area (Å²) in [7, 11) is -1.67. The minimum atomic E-state index is -4.25. The van der Waals surface area contributed by atoms with Gasteiger partial charge in [-0.05, 0) is 51.5 Å². The van der Waals surface area contributed by atoms with Crippen molar-refractivity contribution in [3.63, 3.8) is 0 Å². The van der Waals surface area contributed by atoms with Crippen LogP contribution in [-0.2, 0) is 26.3 Å². The lowest BCUT2D eigenvalue weighted by Crippen LogP contribution is -2.55. The van der Waals surface area contributed by atoms with Crippen LogP contribution in [-0.4, -0.2) is 61.7 Å². The summed E-state index contributed by atoms with van der Waals surface area (Å²) in [6, 6.07) is 11.2. The molecule has 2 amide bonds. The Morgan fingerprint density at radius 1 is 1.06 bits per heavy atom. The van der Waals surface area contributed by atoms with Gasteiger partial charge in [0.1, 0.15) is 18.4 Å². The van der Waals surface area contributed by atoms with Crippen LogP contribution in [0.15, 0.2) is 48.5 Å². The number of amides is 2. The molecular weight excluding hydrogens is 495 g/mol. The third kappa shape index (κ3) is 7.39. The number of halogens is 2. The molecule has 0 aliphatic carbocycles. The number of anilines is 1. The Morgan fingerprint density at radius 2 is 1.63 bits per heavy atom. The van der Waals surface area contributed by atoms with Gasteiger partial charge >= 0.3 is 10.2 Å². The molecule has 35 heavy (non-hydrogen) atoms. The van der Waals surface area contributed by atoms with Gasteiger partial charge in [0.05, 0.1) is 5.69 Å². The van der Waals surface area contributed by atoms with E-state index in [0.717, 1.165) is 10.4 Å². The van der Waals surface area contributed by atoms with E-state index in [0.29, 0.717) is 14.9 Å². The van der Waals surface area contributed by atoms with Crippen molar-refractivity contribution in [1.29, 1.82) is 0 Å². The lowest BCUT2D eigenvalue weighted by atomic mass is 10.1. The highest BCUT2D eigenvalue weighted by atomic mass is 35.5. The second-order valence-corrected chi connectivity index (χ2v) is 11.8. The second kappa shape index (κ2) is 11.4. The molecule has 0 spiro atoms. The Bertz CT molecular complexity index is 1170. The third-order valence-electron chi connectivity index (χ3n) is 5.10. The lowest BCUT2D eigenvalue weighted by molar-refractivity contribution is -0.140. The van der Waals surface area contributed by atoms with E-state index in [9.17, 15) is 22.4 Å². The van der Waals surface area contributed by atoms with Crippen molar-refractivity contribution in [2.24, 2.45) is 0 Å². The van der Waals surface area contributed by atoms with E-state index in [2.05, 4.69) is 5.32 Å². The number of para-hydroxylation sites is 1. The first-order chi connectivity index (χ1) is 16.1. The first-order valence-corrected chi connectivity index (χ1v) is 12.7. The number of carbonyl (C=O) groups excluding carboxylic acids is 2. The molecule has 0 fully saturated rings. The molecule has 0 heterocycles. The average Bonchev–Trinajstić information content (AvgIpc) is 2.75. The number of hydrogen-bond donors (Lipinski definition) is 1. The molecule has 0 aliphatic rings. The fraction of sp³-hybridized carbons (Fsp3) is 0.417. The highest BCUT2D eigenvalue weighted by molar-refractivity contribution is 7.90. The Kier molecular flexibility index (Phi) is 9.27. The molecule has 8 nitrogen and oxygen atoms in total. The Labute approximate surface area is 211 Å². The first kappa shape index (κ1) is 28.5. The van der Waals surface area contributed by atoms with Gasteiger partial charge in [0.2, 0.25) is 11.8 Å². The Hall–Kier alpha value is -2.69. The predicted molar refractivity (Wildman–Crippen MR) is 136 cm³/mol. The quantitative estimate of drug-likeness (QED) is 0.542. The summed E-state index contributed by atoms with van der Waals surface area (Å²) in [6.45, 7) is 6.19. The summed E-state index contributed by atoms with van der Waals surface area (Å²) in [4.78, 5) is 27.8. The number of nitrogens with zero attached hydrogens (tertiary/aromatic N) is 3. The third-order valence-corrected chi connectivity index (χ3v) is 7.28. The predicted octanol–water partition coefficient (Wildman–Crippen LogP) is 3.42. The summed E-state index contributed by atoms with van der Waals surface area (Å²) in [5, 5.41) is 3.22. The van der Waals surface area contributed by atoms with Gasteiger partial charge in [0, 0.05) is 31.2 Å². The molecule has 0 saturated carbocycles. The number of rotatable bonds is 9. The van der Waals surface area contributed by atoms with Crippen LogP contribution >= 0.6 is 11.6 Å². The minimum Gasteiger partial charge on any atom is -0.350 e. The summed E-state index contributed by atoms with van der Waals surface area (Å²) in [6.07, 6.45) is 0. The zero-order valence-corrected chi connectivity index (χ0v) is 22.3. The van der Waals surface area contributed by atoms with Crippen LogP contribution in [0.2, 0.25) is 5.02 Å². The Balaban J connectivity index is 2.50. The molecule has 0 saturated heterocycles. The molecule has 0 bridgehead atoms. The molecule has 2 aromatic rings. The van der Waals surface area contributed by atoms with Gasteiger partial charge in [0.25, 0.3) is 0 Å². The van der Waals surface area contributed by atoms with E-state index >= 15 is 0 Å². The molecular formula is C24H32ClFN4O4S. The number of carbonyl (C=O) groups is 2. The Morgan fingerprint density at radius 3 is 2.17 bits per heavy atom. The largest absolute Gasteiger partial charge is 0.350 e. The van der Waals surface area contributed by atoms with Crippen LogP contribution < -0.4 is 9.62 Å². The molecule has 2 rings (SSSR count). The first-order valence-electron chi connectivity index (χ1n) is 10.9. The SMILES string of the molecule is C[C@H](C(=O)NC(C)(C)C)N(Cc1ccccc1Cl)C(=O)CN(c1ccccc1F)S(=O)(=O)N(C)C. The minimum absolute atomic E-state index is 0.0512. The smallest absolute Gasteiger partial charge is 0.304 e. The summed E-state index contributed by atoms with van der Waals surface area (Å²) < 4.78 is 42.3. The number of nitrogens with one attached hydrogen (secondary N) is 1. The monoisotopic (exact) mass is 526 g/mol. The fourth-order valence-corrected chi connectivity index (χ4v) is 4.48. The van der Waals surface area contributed by atoms with E-state index in [1.165, 1.54) is 37.2 Å². The van der Waals surface area contributed by atoms with Gasteiger partial charge < -0.3 is 10.2 Å². The second-order valence-electron chi connectivity index (χ2n) is 9.28. The van der Waals surface area contributed by atoms with E-state index in [4.69, 9.17) is 11.6 Å². The summed E-state index contributed by atoms with van der Waals surface area (Å²) in [5.41, 5.74) is -0.261.